The standard InChI is InChI=1S/C20H30N2O2/c1-5-22(19-8-6-15(2)14-16(19)3)20(24)9-7-18-10-12-21(13-11-18)17(4)23/h6,8,14,18H,5,7,9-13H2,1-4H3. The Morgan fingerprint density at radius 1 is 1.21 bits per heavy atom. The Morgan fingerprint density at radius 2 is 1.88 bits per heavy atom. The highest BCUT2D eigenvalue weighted by Crippen LogP contribution is 2.25. The molecule has 0 aromatic heterocycles. The number of likely N-dealkylation sites (tertiary alicyclic amines) is 1. The van der Waals surface area contributed by atoms with Gasteiger partial charge in [-0.05, 0) is 57.6 Å². The van der Waals surface area contributed by atoms with Crippen LogP contribution in [0.1, 0.15) is 50.7 Å². The molecule has 1 aliphatic rings. The Hall–Kier alpha value is -1.84. The van der Waals surface area contributed by atoms with Gasteiger partial charge in [-0.1, -0.05) is 17.7 Å². The molecule has 2 amide bonds. The van der Waals surface area contributed by atoms with Gasteiger partial charge in [0.05, 0.1) is 0 Å². The molecule has 2 rings (SSSR count). The number of amides is 2. The zero-order chi connectivity index (χ0) is 17.7. The Kier molecular flexibility index (Phi) is 6.41. The van der Waals surface area contributed by atoms with Crippen molar-refractivity contribution in [2.75, 3.05) is 24.5 Å². The molecule has 1 fully saturated rings. The summed E-state index contributed by atoms with van der Waals surface area (Å²) in [7, 11) is 0. The van der Waals surface area contributed by atoms with Gasteiger partial charge >= 0.3 is 0 Å². The van der Waals surface area contributed by atoms with Crippen LogP contribution in [0.4, 0.5) is 5.69 Å². The van der Waals surface area contributed by atoms with Crippen LogP contribution in [0.5, 0.6) is 0 Å². The summed E-state index contributed by atoms with van der Waals surface area (Å²) in [4.78, 5) is 27.9. The lowest BCUT2D eigenvalue weighted by atomic mass is 9.92. The molecule has 0 saturated carbocycles. The maximum absolute atomic E-state index is 12.7. The number of hydrogen-bond acceptors (Lipinski definition) is 2. The molecule has 0 N–H and O–H groups in total. The van der Waals surface area contributed by atoms with Crippen LogP contribution >= 0.6 is 0 Å². The highest BCUT2D eigenvalue weighted by atomic mass is 16.2. The van der Waals surface area contributed by atoms with Crippen LogP contribution in [-0.4, -0.2) is 36.3 Å². The summed E-state index contributed by atoms with van der Waals surface area (Å²) >= 11 is 0. The average molecular weight is 330 g/mol. The van der Waals surface area contributed by atoms with E-state index in [-0.39, 0.29) is 11.8 Å². The van der Waals surface area contributed by atoms with Gasteiger partial charge < -0.3 is 9.80 Å². The van der Waals surface area contributed by atoms with E-state index in [0.29, 0.717) is 18.9 Å². The maximum atomic E-state index is 12.7. The SMILES string of the molecule is CCN(C(=O)CCC1CCN(C(C)=O)CC1)c1ccc(C)cc1C. The third-order valence-electron chi connectivity index (χ3n) is 5.09. The number of benzene rings is 1. The lowest BCUT2D eigenvalue weighted by Gasteiger charge is -2.31. The second kappa shape index (κ2) is 8.32. The highest BCUT2D eigenvalue weighted by molar-refractivity contribution is 5.94. The number of hydrogen-bond donors (Lipinski definition) is 0. The lowest BCUT2D eigenvalue weighted by molar-refractivity contribution is -0.130. The molecule has 0 bridgehead atoms. The van der Waals surface area contributed by atoms with Gasteiger partial charge in [-0.25, -0.2) is 0 Å². The predicted octanol–water partition coefficient (Wildman–Crippen LogP) is 3.70. The minimum Gasteiger partial charge on any atom is -0.343 e. The second-order valence-electron chi connectivity index (χ2n) is 6.92. The zero-order valence-corrected chi connectivity index (χ0v) is 15.5. The number of carbonyl (C=O) groups is 2. The van der Waals surface area contributed by atoms with Crippen LogP contribution in [0, 0.1) is 19.8 Å². The fourth-order valence-corrected chi connectivity index (χ4v) is 3.59. The van der Waals surface area contributed by atoms with Crippen molar-refractivity contribution in [3.05, 3.63) is 29.3 Å². The smallest absolute Gasteiger partial charge is 0.226 e. The molecule has 1 aromatic rings. The van der Waals surface area contributed by atoms with E-state index in [9.17, 15) is 9.59 Å². The van der Waals surface area contributed by atoms with Crippen LogP contribution in [-0.2, 0) is 9.59 Å². The van der Waals surface area contributed by atoms with Crippen LogP contribution < -0.4 is 4.90 Å². The van der Waals surface area contributed by atoms with Gasteiger partial charge in [-0.2, -0.15) is 0 Å². The summed E-state index contributed by atoms with van der Waals surface area (Å²) in [6.07, 6.45) is 3.54. The number of carbonyl (C=O) groups excluding carboxylic acids is 2. The Morgan fingerprint density at radius 3 is 2.42 bits per heavy atom. The summed E-state index contributed by atoms with van der Waals surface area (Å²) < 4.78 is 0. The fourth-order valence-electron chi connectivity index (χ4n) is 3.59. The van der Waals surface area contributed by atoms with E-state index in [1.165, 1.54) is 5.56 Å². The van der Waals surface area contributed by atoms with Crippen molar-refractivity contribution in [1.29, 1.82) is 0 Å². The molecular formula is C20H30N2O2. The molecule has 1 heterocycles. The van der Waals surface area contributed by atoms with Gasteiger partial charge in [-0.3, -0.25) is 9.59 Å². The van der Waals surface area contributed by atoms with E-state index in [0.717, 1.165) is 43.6 Å². The van der Waals surface area contributed by atoms with Gasteiger partial charge in [0.25, 0.3) is 0 Å². The second-order valence-corrected chi connectivity index (χ2v) is 6.92. The van der Waals surface area contributed by atoms with Crippen molar-refractivity contribution in [1.82, 2.24) is 4.90 Å². The molecule has 0 aliphatic carbocycles. The largest absolute Gasteiger partial charge is 0.343 e. The summed E-state index contributed by atoms with van der Waals surface area (Å²) in [5.74, 6) is 0.928. The maximum Gasteiger partial charge on any atom is 0.226 e. The van der Waals surface area contributed by atoms with E-state index in [2.05, 4.69) is 32.0 Å². The molecular weight excluding hydrogens is 300 g/mol. The number of rotatable bonds is 5. The Balaban J connectivity index is 1.90. The van der Waals surface area contributed by atoms with E-state index >= 15 is 0 Å². The van der Waals surface area contributed by atoms with Crippen molar-refractivity contribution >= 4 is 17.5 Å². The molecule has 0 radical (unpaired) electrons. The van der Waals surface area contributed by atoms with Crippen molar-refractivity contribution in [2.45, 2.75) is 53.4 Å². The first-order chi connectivity index (χ1) is 11.4. The average Bonchev–Trinajstić information content (AvgIpc) is 2.55. The molecule has 0 atom stereocenters. The van der Waals surface area contributed by atoms with Crippen LogP contribution in [0.25, 0.3) is 0 Å². The third kappa shape index (κ3) is 4.59. The fraction of sp³-hybridized carbons (Fsp3) is 0.600. The predicted molar refractivity (Wildman–Crippen MR) is 98.2 cm³/mol. The van der Waals surface area contributed by atoms with E-state index < -0.39 is 0 Å². The first kappa shape index (κ1) is 18.5. The third-order valence-corrected chi connectivity index (χ3v) is 5.09. The zero-order valence-electron chi connectivity index (χ0n) is 15.5. The summed E-state index contributed by atoms with van der Waals surface area (Å²) in [5, 5.41) is 0. The van der Waals surface area contributed by atoms with Crippen molar-refractivity contribution in [3.63, 3.8) is 0 Å². The number of piperidine rings is 1. The van der Waals surface area contributed by atoms with E-state index in [1.807, 2.05) is 16.7 Å². The summed E-state index contributed by atoms with van der Waals surface area (Å²) in [6, 6.07) is 6.25. The van der Waals surface area contributed by atoms with Crippen LogP contribution in [0.2, 0.25) is 0 Å². The molecule has 4 nitrogen and oxygen atoms in total. The van der Waals surface area contributed by atoms with Gasteiger partial charge in [0.1, 0.15) is 0 Å². The first-order valence-corrected chi connectivity index (χ1v) is 9.05. The van der Waals surface area contributed by atoms with Gasteiger partial charge in [0, 0.05) is 38.7 Å². The minimum absolute atomic E-state index is 0.163. The molecule has 1 saturated heterocycles. The van der Waals surface area contributed by atoms with Gasteiger partial charge in [0.2, 0.25) is 11.8 Å². The molecule has 4 heteroatoms. The summed E-state index contributed by atoms with van der Waals surface area (Å²) in [6.45, 7) is 10.2. The highest BCUT2D eigenvalue weighted by Gasteiger charge is 2.23. The molecule has 0 spiro atoms. The summed E-state index contributed by atoms with van der Waals surface area (Å²) in [5.41, 5.74) is 3.40. The first-order valence-electron chi connectivity index (χ1n) is 9.05. The lowest BCUT2D eigenvalue weighted by Crippen LogP contribution is -2.37. The van der Waals surface area contributed by atoms with Crippen molar-refractivity contribution < 1.29 is 9.59 Å². The molecule has 132 valence electrons. The topological polar surface area (TPSA) is 40.6 Å². The van der Waals surface area contributed by atoms with E-state index in [1.54, 1.807) is 6.92 Å². The number of nitrogens with zero attached hydrogens (tertiary/aromatic N) is 2. The molecule has 0 unspecified atom stereocenters. The Bertz CT molecular complexity index is 589. The monoisotopic (exact) mass is 330 g/mol. The van der Waals surface area contributed by atoms with Crippen molar-refractivity contribution in [3.8, 4) is 0 Å². The number of anilines is 1. The van der Waals surface area contributed by atoms with Gasteiger partial charge in [0.15, 0.2) is 0 Å². The Labute approximate surface area is 145 Å². The number of aryl methyl sites for hydroxylation is 2. The van der Waals surface area contributed by atoms with Crippen LogP contribution in [0.3, 0.4) is 0 Å². The van der Waals surface area contributed by atoms with Crippen molar-refractivity contribution in [2.24, 2.45) is 5.92 Å². The van der Waals surface area contributed by atoms with E-state index in [4.69, 9.17) is 0 Å². The quantitative estimate of drug-likeness (QED) is 0.826. The molecule has 1 aromatic carbocycles. The van der Waals surface area contributed by atoms with Gasteiger partial charge in [-0.15, -0.1) is 0 Å². The normalized spacial score (nSPS) is 15.4. The molecule has 24 heavy (non-hydrogen) atoms. The molecule has 1 aliphatic heterocycles. The minimum atomic E-state index is 0.163. The van der Waals surface area contributed by atoms with Crippen LogP contribution in [0.15, 0.2) is 18.2 Å².